The van der Waals surface area contributed by atoms with Crippen molar-refractivity contribution in [2.75, 3.05) is 6.61 Å². The fraction of sp³-hybridized carbons (Fsp3) is 0.200. The second-order valence-electron chi connectivity index (χ2n) is 9.53. The van der Waals surface area contributed by atoms with E-state index < -0.39 is 11.8 Å². The maximum absolute atomic E-state index is 14.1. The zero-order valence-electron chi connectivity index (χ0n) is 21.3. The van der Waals surface area contributed by atoms with E-state index in [1.807, 2.05) is 28.8 Å². The number of imidazole rings is 1. The molecule has 0 spiro atoms. The monoisotopic (exact) mass is 558 g/mol. The fourth-order valence-corrected chi connectivity index (χ4v) is 4.72. The van der Waals surface area contributed by atoms with E-state index in [0.29, 0.717) is 35.1 Å². The van der Waals surface area contributed by atoms with Gasteiger partial charge in [-0.1, -0.05) is 23.7 Å². The first-order valence-corrected chi connectivity index (χ1v) is 13.1. The van der Waals surface area contributed by atoms with Gasteiger partial charge in [0.25, 0.3) is 0 Å². The average Bonchev–Trinajstić information content (AvgIpc) is 3.26. The van der Waals surface area contributed by atoms with Gasteiger partial charge in [-0.3, -0.25) is 4.98 Å². The van der Waals surface area contributed by atoms with Crippen LogP contribution < -0.4 is 4.74 Å². The van der Waals surface area contributed by atoms with Crippen LogP contribution in [0.25, 0.3) is 22.3 Å². The first-order valence-electron chi connectivity index (χ1n) is 12.8. The van der Waals surface area contributed by atoms with Gasteiger partial charge in [-0.05, 0) is 55.0 Å². The summed E-state index contributed by atoms with van der Waals surface area (Å²) in [6.07, 6.45) is 3.24. The van der Waals surface area contributed by atoms with Crippen molar-refractivity contribution in [2.45, 2.75) is 32.1 Å². The Morgan fingerprint density at radius 1 is 1.12 bits per heavy atom. The molecule has 4 heterocycles. The van der Waals surface area contributed by atoms with Crippen LogP contribution in [0.3, 0.4) is 0 Å². The highest BCUT2D eigenvalue weighted by Crippen LogP contribution is 2.25. The molecule has 40 heavy (non-hydrogen) atoms. The molecule has 0 aliphatic carbocycles. The van der Waals surface area contributed by atoms with Crippen molar-refractivity contribution >= 4 is 28.6 Å². The number of ether oxygens (including phenoxy) is 2. The van der Waals surface area contributed by atoms with Crippen LogP contribution in [0, 0.1) is 5.82 Å². The van der Waals surface area contributed by atoms with Crippen LogP contribution in [0.4, 0.5) is 4.39 Å². The quantitative estimate of drug-likeness (QED) is 0.239. The van der Waals surface area contributed by atoms with Gasteiger partial charge in [-0.2, -0.15) is 0 Å². The minimum atomic E-state index is -0.978. The number of halogens is 2. The maximum atomic E-state index is 14.1. The minimum absolute atomic E-state index is 0.0253. The molecule has 1 N–H and O–H groups in total. The van der Waals surface area contributed by atoms with Crippen LogP contribution in [0.5, 0.6) is 5.88 Å². The molecular formula is C30H24ClFN4O4. The number of carboxylic acid groups (broad SMARTS) is 1. The summed E-state index contributed by atoms with van der Waals surface area (Å²) in [6, 6.07) is 18.6. The molecule has 0 bridgehead atoms. The number of rotatable bonds is 9. The van der Waals surface area contributed by atoms with Crippen LogP contribution in [0.1, 0.15) is 33.9 Å². The average molecular weight is 559 g/mol. The largest absolute Gasteiger partial charge is 0.478 e. The molecule has 1 fully saturated rings. The lowest BCUT2D eigenvalue weighted by Crippen LogP contribution is -2.31. The third-order valence-corrected chi connectivity index (χ3v) is 7.06. The maximum Gasteiger partial charge on any atom is 0.335 e. The van der Waals surface area contributed by atoms with Crippen molar-refractivity contribution in [3.05, 3.63) is 106 Å². The molecule has 2 aromatic carbocycles. The molecule has 10 heteroatoms. The van der Waals surface area contributed by atoms with Crippen molar-refractivity contribution in [1.29, 1.82) is 0 Å². The van der Waals surface area contributed by atoms with Crippen molar-refractivity contribution in [1.82, 2.24) is 19.5 Å². The predicted molar refractivity (Wildman–Crippen MR) is 147 cm³/mol. The lowest BCUT2D eigenvalue weighted by molar-refractivity contribution is -0.0589. The van der Waals surface area contributed by atoms with Crippen molar-refractivity contribution < 1.29 is 23.8 Å². The first-order chi connectivity index (χ1) is 19.4. The number of nitrogens with zero attached hydrogens (tertiary/aromatic N) is 4. The van der Waals surface area contributed by atoms with E-state index in [2.05, 4.69) is 9.97 Å². The van der Waals surface area contributed by atoms with Crippen LogP contribution in [0.15, 0.2) is 72.9 Å². The van der Waals surface area contributed by atoms with E-state index >= 15 is 0 Å². The molecule has 6 rings (SSSR count). The molecule has 3 aromatic heterocycles. The molecule has 1 saturated heterocycles. The molecule has 0 radical (unpaired) electrons. The van der Waals surface area contributed by atoms with E-state index in [1.165, 1.54) is 6.07 Å². The first kappa shape index (κ1) is 25.9. The van der Waals surface area contributed by atoms with E-state index in [9.17, 15) is 14.3 Å². The Labute approximate surface area is 234 Å². The number of aromatic carboxylic acids is 1. The Balaban J connectivity index is 1.20. The fourth-order valence-electron chi connectivity index (χ4n) is 4.57. The van der Waals surface area contributed by atoms with Crippen LogP contribution in [-0.4, -0.2) is 43.3 Å². The normalized spacial score (nSPS) is 14.7. The SMILES string of the molecule is O=C(O)c1ccc2nc(Cc3ccc(-c4cccc(OCc5ccc(Cl)cc5F)n4)cn3)n(CC3CCO3)c2c1. The molecule has 8 nitrogen and oxygen atoms in total. The number of carbonyl (C=O) groups is 1. The van der Waals surface area contributed by atoms with Gasteiger partial charge >= 0.3 is 5.97 Å². The van der Waals surface area contributed by atoms with Crippen LogP contribution in [-0.2, 0) is 24.3 Å². The number of carboxylic acids is 1. The smallest absolute Gasteiger partial charge is 0.335 e. The Morgan fingerprint density at radius 2 is 2.00 bits per heavy atom. The Hall–Kier alpha value is -4.34. The lowest BCUT2D eigenvalue weighted by atomic mass is 10.1. The number of fused-ring (bicyclic) bond motifs is 1. The zero-order chi connectivity index (χ0) is 27.6. The van der Waals surface area contributed by atoms with Crippen LogP contribution >= 0.6 is 11.6 Å². The predicted octanol–water partition coefficient (Wildman–Crippen LogP) is 5.94. The van der Waals surface area contributed by atoms with Crippen LogP contribution in [0.2, 0.25) is 5.02 Å². The van der Waals surface area contributed by atoms with E-state index in [0.717, 1.165) is 41.1 Å². The summed E-state index contributed by atoms with van der Waals surface area (Å²) >= 11 is 5.82. The van der Waals surface area contributed by atoms with Gasteiger partial charge in [0, 0.05) is 47.1 Å². The van der Waals surface area contributed by atoms with Gasteiger partial charge in [0.1, 0.15) is 18.2 Å². The third-order valence-electron chi connectivity index (χ3n) is 6.83. The summed E-state index contributed by atoms with van der Waals surface area (Å²) < 4.78 is 27.5. The topological polar surface area (TPSA) is 99.4 Å². The molecule has 1 aliphatic heterocycles. The number of pyridine rings is 2. The summed E-state index contributed by atoms with van der Waals surface area (Å²) in [5, 5.41) is 9.79. The highest BCUT2D eigenvalue weighted by atomic mass is 35.5. The standard InChI is InChI=1S/C30H24ClFN4O4/c31-21-7-4-20(24(32)13-21)17-40-29-3-1-2-25(35-29)19-5-8-22(33-15-19)14-28-34-26-9-6-18(30(37)38)12-27(26)36(28)16-23-10-11-39-23/h1-9,12-13,15,23H,10-11,14,16-17H2,(H,37,38). The van der Waals surface area contributed by atoms with Gasteiger partial charge in [0.2, 0.25) is 5.88 Å². The summed E-state index contributed by atoms with van der Waals surface area (Å²) in [6.45, 7) is 1.36. The summed E-state index contributed by atoms with van der Waals surface area (Å²) in [5.41, 5.74) is 4.37. The summed E-state index contributed by atoms with van der Waals surface area (Å²) in [5.74, 6) is -0.257. The van der Waals surface area contributed by atoms with Gasteiger partial charge in [0.15, 0.2) is 0 Å². The zero-order valence-corrected chi connectivity index (χ0v) is 22.0. The highest BCUT2D eigenvalue weighted by Gasteiger charge is 2.22. The number of hydrogen-bond donors (Lipinski definition) is 1. The number of hydrogen-bond acceptors (Lipinski definition) is 6. The number of aromatic nitrogens is 4. The van der Waals surface area contributed by atoms with Crippen molar-refractivity contribution in [3.63, 3.8) is 0 Å². The van der Waals surface area contributed by atoms with Gasteiger partial charge in [0.05, 0.1) is 34.9 Å². The molecule has 5 aromatic rings. The molecule has 0 amide bonds. The second kappa shape index (κ2) is 11.0. The van der Waals surface area contributed by atoms with Gasteiger partial charge < -0.3 is 19.1 Å². The van der Waals surface area contributed by atoms with Gasteiger partial charge in [-0.15, -0.1) is 0 Å². The number of benzene rings is 2. The summed E-state index contributed by atoms with van der Waals surface area (Å²) in [7, 11) is 0. The molecule has 1 unspecified atom stereocenters. The molecule has 0 saturated carbocycles. The molecule has 202 valence electrons. The second-order valence-corrected chi connectivity index (χ2v) is 9.97. The Morgan fingerprint density at radius 3 is 2.73 bits per heavy atom. The Bertz CT molecular complexity index is 1700. The molecular weight excluding hydrogens is 535 g/mol. The third kappa shape index (κ3) is 5.52. The van der Waals surface area contributed by atoms with Crippen molar-refractivity contribution in [3.8, 4) is 17.1 Å². The lowest BCUT2D eigenvalue weighted by Gasteiger charge is -2.27. The van der Waals surface area contributed by atoms with E-state index in [1.54, 1.807) is 42.6 Å². The van der Waals surface area contributed by atoms with Crippen molar-refractivity contribution in [2.24, 2.45) is 0 Å². The summed E-state index contributed by atoms with van der Waals surface area (Å²) in [4.78, 5) is 25.5. The van der Waals surface area contributed by atoms with Gasteiger partial charge in [-0.25, -0.2) is 19.2 Å². The molecule has 1 aliphatic rings. The highest BCUT2D eigenvalue weighted by molar-refractivity contribution is 6.30. The minimum Gasteiger partial charge on any atom is -0.478 e. The Kier molecular flexibility index (Phi) is 7.15. The van der Waals surface area contributed by atoms with E-state index in [-0.39, 0.29) is 18.3 Å². The van der Waals surface area contributed by atoms with E-state index in [4.69, 9.17) is 26.1 Å². The molecule has 1 atom stereocenters.